The molecule has 0 saturated heterocycles. The van der Waals surface area contributed by atoms with Crippen LogP contribution in [0.4, 0.5) is 4.39 Å². The van der Waals surface area contributed by atoms with Gasteiger partial charge in [-0.05, 0) is 42.5 Å². The summed E-state index contributed by atoms with van der Waals surface area (Å²) in [4.78, 5) is 16.6. The molecule has 0 aliphatic rings. The number of carbonyl (C=O) groups excluding carboxylic acids is 1. The molecule has 2 rings (SSSR count). The summed E-state index contributed by atoms with van der Waals surface area (Å²) in [6.45, 7) is 0. The van der Waals surface area contributed by atoms with Crippen molar-refractivity contribution in [3.63, 3.8) is 0 Å². The van der Waals surface area contributed by atoms with E-state index in [0.29, 0.717) is 11.3 Å². The van der Waals surface area contributed by atoms with Crippen LogP contribution in [-0.4, -0.2) is 18.9 Å². The molecule has 0 bridgehead atoms. The number of hydrogen-bond donors (Lipinski definition) is 1. The highest BCUT2D eigenvalue weighted by Gasteiger charge is 2.09. The van der Waals surface area contributed by atoms with E-state index < -0.39 is 5.97 Å². The summed E-state index contributed by atoms with van der Waals surface area (Å²) in [6, 6.07) is 11.8. The third-order valence-corrected chi connectivity index (χ3v) is 2.67. The molecule has 2 aromatic carbocycles. The van der Waals surface area contributed by atoms with Crippen LogP contribution in [-0.2, 0) is 4.84 Å². The lowest BCUT2D eigenvalue weighted by atomic mass is 10.2. The summed E-state index contributed by atoms with van der Waals surface area (Å²) in [5, 5.41) is 3.54. The van der Waals surface area contributed by atoms with E-state index in [9.17, 15) is 9.18 Å². The smallest absolute Gasteiger partial charge is 0.365 e. The first-order valence-corrected chi connectivity index (χ1v) is 6.05. The van der Waals surface area contributed by atoms with Crippen LogP contribution in [0.2, 0.25) is 0 Å². The number of ether oxygens (including phenoxy) is 1. The van der Waals surface area contributed by atoms with E-state index >= 15 is 0 Å². The van der Waals surface area contributed by atoms with Gasteiger partial charge in [0, 0.05) is 5.56 Å². The largest absolute Gasteiger partial charge is 0.497 e. The number of nitrogens with two attached hydrogens (primary N) is 1. The summed E-state index contributed by atoms with van der Waals surface area (Å²) in [5.74, 6) is -0.551. The lowest BCUT2D eigenvalue weighted by Gasteiger charge is -2.03. The third kappa shape index (κ3) is 3.79. The summed E-state index contributed by atoms with van der Waals surface area (Å²) in [7, 11) is 1.50. The molecule has 0 saturated carbocycles. The first kappa shape index (κ1) is 14.5. The van der Waals surface area contributed by atoms with E-state index in [0.717, 1.165) is 0 Å². The van der Waals surface area contributed by atoms with Crippen molar-refractivity contribution in [2.75, 3.05) is 7.11 Å². The number of carbonyl (C=O) groups is 1. The second-order valence-corrected chi connectivity index (χ2v) is 4.09. The van der Waals surface area contributed by atoms with Gasteiger partial charge in [-0.2, -0.15) is 0 Å². The average molecular weight is 288 g/mol. The van der Waals surface area contributed by atoms with Gasteiger partial charge >= 0.3 is 5.97 Å². The molecule has 0 unspecified atom stereocenters. The Kier molecular flexibility index (Phi) is 4.50. The van der Waals surface area contributed by atoms with E-state index in [-0.39, 0.29) is 17.2 Å². The molecule has 21 heavy (non-hydrogen) atoms. The van der Waals surface area contributed by atoms with Gasteiger partial charge in [0.1, 0.15) is 11.6 Å². The molecule has 0 aliphatic heterocycles. The Bertz CT molecular complexity index is 669. The Morgan fingerprint density at radius 3 is 2.52 bits per heavy atom. The van der Waals surface area contributed by atoms with Gasteiger partial charge in [-0.25, -0.2) is 9.18 Å². The normalized spacial score (nSPS) is 11.0. The van der Waals surface area contributed by atoms with Crippen LogP contribution in [0.15, 0.2) is 53.7 Å². The topological polar surface area (TPSA) is 73.9 Å². The van der Waals surface area contributed by atoms with Crippen molar-refractivity contribution < 1.29 is 18.8 Å². The van der Waals surface area contributed by atoms with Gasteiger partial charge in [0.05, 0.1) is 12.7 Å². The van der Waals surface area contributed by atoms with Crippen LogP contribution in [0.25, 0.3) is 0 Å². The molecular formula is C15H13FN2O3. The Hall–Kier alpha value is -2.89. The second-order valence-electron chi connectivity index (χ2n) is 4.09. The standard InChI is InChI=1S/C15H13FN2O3/c1-20-13-4-2-3-11(9-13)15(19)21-18-14(17)10-5-7-12(16)8-6-10/h2-9H,1H3,(H2,17,18). The second kappa shape index (κ2) is 6.51. The zero-order chi connectivity index (χ0) is 15.2. The fourth-order valence-electron chi connectivity index (χ4n) is 1.57. The van der Waals surface area contributed by atoms with Crippen molar-refractivity contribution in [2.45, 2.75) is 0 Å². The number of methoxy groups -OCH3 is 1. The van der Waals surface area contributed by atoms with E-state index in [1.165, 1.54) is 37.4 Å². The van der Waals surface area contributed by atoms with Gasteiger partial charge in [0.15, 0.2) is 5.84 Å². The highest BCUT2D eigenvalue weighted by molar-refractivity contribution is 5.98. The molecule has 0 heterocycles. The maximum atomic E-state index is 12.8. The molecule has 0 aromatic heterocycles. The Morgan fingerprint density at radius 1 is 1.14 bits per heavy atom. The zero-order valence-electron chi connectivity index (χ0n) is 11.2. The predicted molar refractivity (Wildman–Crippen MR) is 75.5 cm³/mol. The third-order valence-electron chi connectivity index (χ3n) is 2.67. The molecule has 6 heteroatoms. The molecule has 0 atom stereocenters. The minimum Gasteiger partial charge on any atom is -0.497 e. The minimum absolute atomic E-state index is 0.0220. The maximum absolute atomic E-state index is 12.8. The first-order chi connectivity index (χ1) is 10.1. The van der Waals surface area contributed by atoms with Gasteiger partial charge in [0.2, 0.25) is 0 Å². The van der Waals surface area contributed by atoms with Crippen molar-refractivity contribution in [3.8, 4) is 5.75 Å². The van der Waals surface area contributed by atoms with Crippen LogP contribution < -0.4 is 10.5 Å². The van der Waals surface area contributed by atoms with Gasteiger partial charge in [0.25, 0.3) is 0 Å². The first-order valence-electron chi connectivity index (χ1n) is 6.05. The molecule has 2 aromatic rings. The SMILES string of the molecule is COc1cccc(C(=O)O/N=C(\N)c2ccc(F)cc2)c1. The molecule has 108 valence electrons. The van der Waals surface area contributed by atoms with Gasteiger partial charge in [-0.15, -0.1) is 0 Å². The minimum atomic E-state index is -0.668. The van der Waals surface area contributed by atoms with Crippen LogP contribution in [0.5, 0.6) is 5.75 Å². The zero-order valence-corrected chi connectivity index (χ0v) is 11.2. The van der Waals surface area contributed by atoms with Crippen molar-refractivity contribution in [2.24, 2.45) is 10.9 Å². The molecular weight excluding hydrogens is 275 g/mol. The lowest BCUT2D eigenvalue weighted by Crippen LogP contribution is -2.15. The fraction of sp³-hybridized carbons (Fsp3) is 0.0667. The monoisotopic (exact) mass is 288 g/mol. The Labute approximate surface area is 120 Å². The Balaban J connectivity index is 2.08. The van der Waals surface area contributed by atoms with Gasteiger partial charge < -0.3 is 15.3 Å². The summed E-state index contributed by atoms with van der Waals surface area (Å²) >= 11 is 0. The van der Waals surface area contributed by atoms with Crippen LogP contribution in [0, 0.1) is 5.82 Å². The molecule has 0 fully saturated rings. The summed E-state index contributed by atoms with van der Waals surface area (Å²) < 4.78 is 17.8. The molecule has 0 spiro atoms. The highest BCUT2D eigenvalue weighted by atomic mass is 19.1. The number of halogens is 1. The lowest BCUT2D eigenvalue weighted by molar-refractivity contribution is 0.0515. The molecule has 2 N–H and O–H groups in total. The van der Waals surface area contributed by atoms with Crippen molar-refractivity contribution in [3.05, 3.63) is 65.5 Å². The number of benzene rings is 2. The van der Waals surface area contributed by atoms with E-state index in [2.05, 4.69) is 5.16 Å². The molecule has 0 amide bonds. The summed E-state index contributed by atoms with van der Waals surface area (Å²) in [5.41, 5.74) is 6.39. The molecule has 0 radical (unpaired) electrons. The quantitative estimate of drug-likeness (QED) is 0.405. The van der Waals surface area contributed by atoms with Crippen LogP contribution >= 0.6 is 0 Å². The van der Waals surface area contributed by atoms with E-state index in [1.807, 2.05) is 0 Å². The number of rotatable bonds is 4. The number of oxime groups is 1. The van der Waals surface area contributed by atoms with Crippen LogP contribution in [0.1, 0.15) is 15.9 Å². The Morgan fingerprint density at radius 2 is 1.86 bits per heavy atom. The number of hydrogen-bond acceptors (Lipinski definition) is 4. The van der Waals surface area contributed by atoms with Crippen molar-refractivity contribution in [1.29, 1.82) is 0 Å². The van der Waals surface area contributed by atoms with E-state index in [1.54, 1.807) is 18.2 Å². The summed E-state index contributed by atoms with van der Waals surface area (Å²) in [6.07, 6.45) is 0. The number of amidine groups is 1. The molecule has 5 nitrogen and oxygen atoms in total. The average Bonchev–Trinajstić information content (AvgIpc) is 2.53. The highest BCUT2D eigenvalue weighted by Crippen LogP contribution is 2.13. The van der Waals surface area contributed by atoms with Crippen molar-refractivity contribution >= 4 is 11.8 Å². The van der Waals surface area contributed by atoms with Crippen molar-refractivity contribution in [1.82, 2.24) is 0 Å². The van der Waals surface area contributed by atoms with E-state index in [4.69, 9.17) is 15.3 Å². The predicted octanol–water partition coefficient (Wildman–Crippen LogP) is 2.31. The number of nitrogens with zero attached hydrogens (tertiary/aromatic N) is 1. The fourth-order valence-corrected chi connectivity index (χ4v) is 1.57. The molecule has 0 aliphatic carbocycles. The van der Waals surface area contributed by atoms with Gasteiger partial charge in [-0.3, -0.25) is 0 Å². The van der Waals surface area contributed by atoms with Gasteiger partial charge in [-0.1, -0.05) is 11.2 Å². The van der Waals surface area contributed by atoms with Crippen LogP contribution in [0.3, 0.4) is 0 Å². The maximum Gasteiger partial charge on any atom is 0.365 e.